The van der Waals surface area contributed by atoms with Gasteiger partial charge in [-0.3, -0.25) is 4.79 Å². The number of aryl methyl sites for hydroxylation is 1. The molecule has 0 spiro atoms. The highest BCUT2D eigenvalue weighted by atomic mass is 79.9. The zero-order chi connectivity index (χ0) is 8.43. The fourth-order valence-electron chi connectivity index (χ4n) is 0.712. The standard InChI is InChI=1S/C7H5BrFNO/c1-4-2-6(8)5(3-11)7(9)10-4/h2-3H,1H3. The van der Waals surface area contributed by atoms with Gasteiger partial charge in [0.05, 0.1) is 5.56 Å². The summed E-state index contributed by atoms with van der Waals surface area (Å²) in [6.45, 7) is 1.66. The van der Waals surface area contributed by atoms with Crippen LogP contribution in [0, 0.1) is 12.9 Å². The highest BCUT2D eigenvalue weighted by Gasteiger charge is 2.07. The molecule has 0 fully saturated rings. The van der Waals surface area contributed by atoms with E-state index >= 15 is 0 Å². The van der Waals surface area contributed by atoms with Crippen molar-refractivity contribution in [1.82, 2.24) is 4.98 Å². The van der Waals surface area contributed by atoms with Crippen LogP contribution in [0.25, 0.3) is 0 Å². The lowest BCUT2D eigenvalue weighted by Crippen LogP contribution is -1.95. The van der Waals surface area contributed by atoms with E-state index in [0.29, 0.717) is 16.5 Å². The molecule has 0 bridgehead atoms. The lowest BCUT2D eigenvalue weighted by Gasteiger charge is -1.98. The summed E-state index contributed by atoms with van der Waals surface area (Å²) in [5, 5.41) is 0. The Balaban J connectivity index is 3.36. The summed E-state index contributed by atoms with van der Waals surface area (Å²) in [5.41, 5.74) is 0.510. The van der Waals surface area contributed by atoms with Crippen molar-refractivity contribution in [3.8, 4) is 0 Å². The third-order valence-electron chi connectivity index (χ3n) is 1.21. The van der Waals surface area contributed by atoms with Crippen molar-refractivity contribution in [2.24, 2.45) is 0 Å². The average molecular weight is 218 g/mol. The van der Waals surface area contributed by atoms with Crippen molar-refractivity contribution in [3.05, 3.63) is 27.7 Å². The van der Waals surface area contributed by atoms with Gasteiger partial charge in [-0.25, -0.2) is 4.98 Å². The van der Waals surface area contributed by atoms with Crippen molar-refractivity contribution in [1.29, 1.82) is 0 Å². The Hall–Kier alpha value is -0.770. The van der Waals surface area contributed by atoms with E-state index in [2.05, 4.69) is 20.9 Å². The molecule has 1 rings (SSSR count). The molecular formula is C7H5BrFNO. The number of hydrogen-bond acceptors (Lipinski definition) is 2. The Kier molecular flexibility index (Phi) is 2.34. The van der Waals surface area contributed by atoms with Gasteiger partial charge in [0.15, 0.2) is 6.29 Å². The molecule has 0 radical (unpaired) electrons. The second-order valence-corrected chi connectivity index (χ2v) is 2.92. The van der Waals surface area contributed by atoms with Crippen LogP contribution >= 0.6 is 15.9 Å². The molecule has 1 aromatic heterocycles. The minimum atomic E-state index is -0.730. The van der Waals surface area contributed by atoms with Crippen molar-refractivity contribution >= 4 is 22.2 Å². The van der Waals surface area contributed by atoms with Gasteiger partial charge < -0.3 is 0 Å². The molecule has 4 heteroatoms. The van der Waals surface area contributed by atoms with Gasteiger partial charge in [0.25, 0.3) is 0 Å². The number of aldehydes is 1. The fourth-order valence-corrected chi connectivity index (χ4v) is 1.30. The molecule has 11 heavy (non-hydrogen) atoms. The van der Waals surface area contributed by atoms with Crippen LogP contribution in [0.3, 0.4) is 0 Å². The second kappa shape index (κ2) is 3.09. The lowest BCUT2D eigenvalue weighted by molar-refractivity contribution is 0.111. The second-order valence-electron chi connectivity index (χ2n) is 2.07. The molecule has 0 aromatic carbocycles. The van der Waals surface area contributed by atoms with Gasteiger partial charge >= 0.3 is 0 Å². The maximum Gasteiger partial charge on any atom is 0.224 e. The van der Waals surface area contributed by atoms with Crippen molar-refractivity contribution in [3.63, 3.8) is 0 Å². The summed E-state index contributed by atoms with van der Waals surface area (Å²) in [4.78, 5) is 13.7. The summed E-state index contributed by atoms with van der Waals surface area (Å²) in [7, 11) is 0. The third kappa shape index (κ3) is 1.63. The number of pyridine rings is 1. The van der Waals surface area contributed by atoms with E-state index in [-0.39, 0.29) is 5.56 Å². The van der Waals surface area contributed by atoms with Gasteiger partial charge in [-0.2, -0.15) is 4.39 Å². The molecule has 0 saturated carbocycles. The first-order valence-electron chi connectivity index (χ1n) is 2.93. The van der Waals surface area contributed by atoms with Crippen LogP contribution in [0.1, 0.15) is 16.1 Å². The molecule has 0 unspecified atom stereocenters. The minimum Gasteiger partial charge on any atom is -0.298 e. The Morgan fingerprint density at radius 2 is 2.36 bits per heavy atom. The minimum absolute atomic E-state index is 0.0319. The largest absolute Gasteiger partial charge is 0.298 e. The van der Waals surface area contributed by atoms with Gasteiger partial charge in [0.2, 0.25) is 5.95 Å². The molecule has 0 atom stereocenters. The molecule has 0 N–H and O–H groups in total. The molecule has 0 aliphatic heterocycles. The average Bonchev–Trinajstić information content (AvgIpc) is 1.85. The smallest absolute Gasteiger partial charge is 0.224 e. The van der Waals surface area contributed by atoms with Crippen molar-refractivity contribution < 1.29 is 9.18 Å². The molecule has 0 aliphatic rings. The number of hydrogen-bond donors (Lipinski definition) is 0. The third-order valence-corrected chi connectivity index (χ3v) is 1.86. The van der Waals surface area contributed by atoms with Gasteiger partial charge in [-0.15, -0.1) is 0 Å². The zero-order valence-electron chi connectivity index (χ0n) is 5.77. The van der Waals surface area contributed by atoms with Crippen LogP contribution in [-0.4, -0.2) is 11.3 Å². The predicted molar refractivity (Wildman–Crippen MR) is 42.0 cm³/mol. The molecule has 0 amide bonds. The summed E-state index contributed by atoms with van der Waals surface area (Å²) < 4.78 is 13.2. The molecule has 2 nitrogen and oxygen atoms in total. The van der Waals surface area contributed by atoms with Gasteiger partial charge in [-0.05, 0) is 28.9 Å². The van der Waals surface area contributed by atoms with Gasteiger partial charge in [0.1, 0.15) is 0 Å². The highest BCUT2D eigenvalue weighted by molar-refractivity contribution is 9.10. The Morgan fingerprint density at radius 1 is 1.73 bits per heavy atom. The molecule has 58 valence electrons. The van der Waals surface area contributed by atoms with Crippen LogP contribution in [-0.2, 0) is 0 Å². The normalized spacial score (nSPS) is 9.73. The number of carbonyl (C=O) groups excluding carboxylic acids is 1. The topological polar surface area (TPSA) is 30.0 Å². The molecule has 1 heterocycles. The van der Waals surface area contributed by atoms with Crippen LogP contribution in [0.2, 0.25) is 0 Å². The summed E-state index contributed by atoms with van der Waals surface area (Å²) >= 11 is 3.05. The number of halogens is 2. The van der Waals surface area contributed by atoms with E-state index in [4.69, 9.17) is 0 Å². The predicted octanol–water partition coefficient (Wildman–Crippen LogP) is 2.10. The van der Waals surface area contributed by atoms with E-state index in [1.165, 1.54) is 0 Å². The summed E-state index contributed by atoms with van der Waals surface area (Å²) in [5.74, 6) is -0.730. The molecule has 0 saturated heterocycles. The molecular weight excluding hydrogens is 213 g/mol. The number of aromatic nitrogens is 1. The van der Waals surface area contributed by atoms with E-state index in [9.17, 15) is 9.18 Å². The van der Waals surface area contributed by atoms with Crippen molar-refractivity contribution in [2.45, 2.75) is 6.92 Å². The zero-order valence-corrected chi connectivity index (χ0v) is 7.35. The number of nitrogens with zero attached hydrogens (tertiary/aromatic N) is 1. The Morgan fingerprint density at radius 3 is 2.82 bits per heavy atom. The van der Waals surface area contributed by atoms with E-state index in [1.54, 1.807) is 13.0 Å². The first-order chi connectivity index (χ1) is 5.15. The van der Waals surface area contributed by atoms with E-state index < -0.39 is 5.95 Å². The monoisotopic (exact) mass is 217 g/mol. The maximum atomic E-state index is 12.7. The number of rotatable bonds is 1. The lowest BCUT2D eigenvalue weighted by atomic mass is 10.3. The number of carbonyl (C=O) groups is 1. The Bertz CT molecular complexity index is 277. The quantitative estimate of drug-likeness (QED) is 0.533. The van der Waals surface area contributed by atoms with Gasteiger partial charge in [0, 0.05) is 10.2 Å². The molecule has 1 aromatic rings. The van der Waals surface area contributed by atoms with Crippen LogP contribution in [0.4, 0.5) is 4.39 Å². The summed E-state index contributed by atoms with van der Waals surface area (Å²) in [6.07, 6.45) is 0.436. The highest BCUT2D eigenvalue weighted by Crippen LogP contribution is 2.17. The summed E-state index contributed by atoms with van der Waals surface area (Å²) in [6, 6.07) is 1.59. The van der Waals surface area contributed by atoms with Gasteiger partial charge in [-0.1, -0.05) is 0 Å². The van der Waals surface area contributed by atoms with Crippen LogP contribution in [0.15, 0.2) is 10.5 Å². The van der Waals surface area contributed by atoms with E-state index in [0.717, 1.165) is 0 Å². The SMILES string of the molecule is Cc1cc(Br)c(C=O)c(F)n1. The van der Waals surface area contributed by atoms with E-state index in [1.807, 2.05) is 0 Å². The molecule has 0 aliphatic carbocycles. The van der Waals surface area contributed by atoms with Crippen LogP contribution in [0.5, 0.6) is 0 Å². The Labute approximate surface area is 71.6 Å². The maximum absolute atomic E-state index is 12.7. The first-order valence-corrected chi connectivity index (χ1v) is 3.72. The fraction of sp³-hybridized carbons (Fsp3) is 0.143. The van der Waals surface area contributed by atoms with Crippen LogP contribution < -0.4 is 0 Å². The first kappa shape index (κ1) is 8.33. The van der Waals surface area contributed by atoms with Crippen molar-refractivity contribution in [2.75, 3.05) is 0 Å².